The van der Waals surface area contributed by atoms with Crippen molar-refractivity contribution in [1.29, 1.82) is 0 Å². The first-order chi connectivity index (χ1) is 15.4. The first kappa shape index (κ1) is 25.1. The van der Waals surface area contributed by atoms with Crippen molar-refractivity contribution in [3.8, 4) is 16.9 Å². The second-order valence-electron chi connectivity index (χ2n) is 7.29. The number of thiophene rings is 1. The van der Waals surface area contributed by atoms with E-state index in [0.717, 1.165) is 23.5 Å². The molecule has 2 N–H and O–H groups in total. The maximum atomic E-state index is 13.7. The van der Waals surface area contributed by atoms with Crippen LogP contribution in [0.4, 0.5) is 26.3 Å². The average Bonchev–Trinajstić information content (AvgIpc) is 3.24. The standard InChI is InChI=1S/C23H20F6O3S/c1-2-15-4-3-5-19(20(15)21(31,22(24,25)26)23(27,28)29)16-10-18(33-13-16)12-32-17-8-6-14(11-30)7-9-17/h3-10,13,30-31H,2,11-12H2,1H3. The van der Waals surface area contributed by atoms with E-state index in [-0.39, 0.29) is 36.3 Å². The number of hydrogen-bond acceptors (Lipinski definition) is 4. The Hall–Kier alpha value is -2.56. The van der Waals surface area contributed by atoms with Crippen molar-refractivity contribution in [2.24, 2.45) is 0 Å². The smallest absolute Gasteiger partial charge is 0.430 e. The summed E-state index contributed by atoms with van der Waals surface area (Å²) >= 11 is 1.11. The van der Waals surface area contributed by atoms with Gasteiger partial charge in [-0.25, -0.2) is 0 Å². The minimum atomic E-state index is -5.98. The molecule has 1 heterocycles. The van der Waals surface area contributed by atoms with Crippen LogP contribution in [0, 0.1) is 0 Å². The van der Waals surface area contributed by atoms with Gasteiger partial charge in [0.1, 0.15) is 12.4 Å². The Morgan fingerprint density at radius 2 is 1.58 bits per heavy atom. The Labute approximate surface area is 189 Å². The molecule has 0 aliphatic heterocycles. The molecule has 3 nitrogen and oxygen atoms in total. The molecule has 3 rings (SSSR count). The molecule has 10 heteroatoms. The van der Waals surface area contributed by atoms with Crippen LogP contribution >= 0.6 is 11.3 Å². The summed E-state index contributed by atoms with van der Waals surface area (Å²) in [6.45, 7) is 1.33. The van der Waals surface area contributed by atoms with Gasteiger partial charge in [-0.05, 0) is 52.3 Å². The maximum absolute atomic E-state index is 13.7. The molecule has 3 aromatic rings. The van der Waals surface area contributed by atoms with Gasteiger partial charge < -0.3 is 14.9 Å². The first-order valence-corrected chi connectivity index (χ1v) is 10.7. The summed E-state index contributed by atoms with van der Waals surface area (Å²) in [5, 5.41) is 20.6. The highest BCUT2D eigenvalue weighted by atomic mass is 32.1. The number of hydrogen-bond donors (Lipinski definition) is 2. The number of rotatable bonds is 7. The zero-order valence-corrected chi connectivity index (χ0v) is 18.1. The average molecular weight is 490 g/mol. The Morgan fingerprint density at radius 1 is 0.939 bits per heavy atom. The second-order valence-corrected chi connectivity index (χ2v) is 8.29. The highest BCUT2D eigenvalue weighted by Gasteiger charge is 2.72. The molecule has 178 valence electrons. The molecule has 33 heavy (non-hydrogen) atoms. The molecule has 0 spiro atoms. The molecule has 0 bridgehead atoms. The fraction of sp³-hybridized carbons (Fsp3) is 0.304. The summed E-state index contributed by atoms with van der Waals surface area (Å²) in [5.41, 5.74) is -6.02. The number of aliphatic hydroxyl groups is 2. The van der Waals surface area contributed by atoms with Crippen molar-refractivity contribution in [3.63, 3.8) is 0 Å². The van der Waals surface area contributed by atoms with Crippen LogP contribution in [0.2, 0.25) is 0 Å². The zero-order valence-electron chi connectivity index (χ0n) is 17.3. The number of ether oxygens (including phenoxy) is 1. The Balaban J connectivity index is 2.00. The van der Waals surface area contributed by atoms with Gasteiger partial charge in [0.05, 0.1) is 6.61 Å². The lowest BCUT2D eigenvalue weighted by atomic mass is 9.82. The summed E-state index contributed by atoms with van der Waals surface area (Å²) in [6.07, 6.45) is -12.1. The largest absolute Gasteiger partial charge is 0.488 e. The molecule has 0 radical (unpaired) electrons. The lowest BCUT2D eigenvalue weighted by molar-refractivity contribution is -0.376. The summed E-state index contributed by atoms with van der Waals surface area (Å²) in [6, 6.07) is 11.7. The van der Waals surface area contributed by atoms with Gasteiger partial charge in [-0.15, -0.1) is 11.3 Å². The van der Waals surface area contributed by atoms with E-state index in [1.807, 2.05) is 0 Å². The van der Waals surface area contributed by atoms with Crippen molar-refractivity contribution >= 4 is 11.3 Å². The number of benzene rings is 2. The minimum Gasteiger partial charge on any atom is -0.488 e. The summed E-state index contributed by atoms with van der Waals surface area (Å²) < 4.78 is 87.6. The number of halogens is 6. The summed E-state index contributed by atoms with van der Waals surface area (Å²) in [4.78, 5) is 0.562. The lowest BCUT2D eigenvalue weighted by Crippen LogP contribution is -2.54. The molecular weight excluding hydrogens is 470 g/mol. The van der Waals surface area contributed by atoms with Gasteiger partial charge in [0.15, 0.2) is 0 Å². The fourth-order valence-corrected chi connectivity index (χ4v) is 4.25. The first-order valence-electron chi connectivity index (χ1n) is 9.81. The summed E-state index contributed by atoms with van der Waals surface area (Å²) in [5.74, 6) is 0.485. The van der Waals surface area contributed by atoms with E-state index in [1.54, 1.807) is 24.3 Å². The van der Waals surface area contributed by atoms with Gasteiger partial charge in [0.2, 0.25) is 0 Å². The van der Waals surface area contributed by atoms with E-state index in [0.29, 0.717) is 16.2 Å². The third-order valence-electron chi connectivity index (χ3n) is 5.17. The van der Waals surface area contributed by atoms with Gasteiger partial charge in [-0.3, -0.25) is 0 Å². The van der Waals surface area contributed by atoms with E-state index >= 15 is 0 Å². The SMILES string of the molecule is CCc1cccc(-c2csc(COc3ccc(CO)cc3)c2)c1C(O)(C(F)(F)F)C(F)(F)F. The van der Waals surface area contributed by atoms with E-state index in [2.05, 4.69) is 0 Å². The molecule has 0 aliphatic rings. The minimum absolute atomic E-state index is 0.0365. The molecule has 1 aromatic heterocycles. The van der Waals surface area contributed by atoms with E-state index in [4.69, 9.17) is 9.84 Å². The van der Waals surface area contributed by atoms with E-state index in [9.17, 15) is 31.4 Å². The molecule has 0 unspecified atom stereocenters. The number of alkyl halides is 6. The van der Waals surface area contributed by atoms with Crippen molar-refractivity contribution in [3.05, 3.63) is 75.5 Å². The van der Waals surface area contributed by atoms with Crippen molar-refractivity contribution in [2.45, 2.75) is 44.5 Å². The molecule has 2 aromatic carbocycles. The Kier molecular flexibility index (Phi) is 7.11. The van der Waals surface area contributed by atoms with Crippen LogP contribution in [0.25, 0.3) is 11.1 Å². The van der Waals surface area contributed by atoms with Gasteiger partial charge >= 0.3 is 12.4 Å². The van der Waals surface area contributed by atoms with Crippen LogP contribution in [0.1, 0.15) is 28.5 Å². The quantitative estimate of drug-likeness (QED) is 0.379. The van der Waals surface area contributed by atoms with E-state index in [1.165, 1.54) is 24.4 Å². The fourth-order valence-electron chi connectivity index (χ4n) is 3.45. The third kappa shape index (κ3) is 4.87. The molecule has 0 saturated carbocycles. The van der Waals surface area contributed by atoms with Crippen LogP contribution in [0.15, 0.2) is 53.9 Å². The van der Waals surface area contributed by atoms with Crippen molar-refractivity contribution in [1.82, 2.24) is 0 Å². The highest BCUT2D eigenvalue weighted by molar-refractivity contribution is 7.10. The highest BCUT2D eigenvalue weighted by Crippen LogP contribution is 2.53. The van der Waals surface area contributed by atoms with Gasteiger partial charge in [0.25, 0.3) is 5.60 Å². The second kappa shape index (κ2) is 9.36. The third-order valence-corrected chi connectivity index (χ3v) is 6.08. The lowest BCUT2D eigenvalue weighted by Gasteiger charge is -2.35. The molecule has 0 fully saturated rings. The van der Waals surface area contributed by atoms with E-state index < -0.39 is 23.5 Å². The zero-order chi connectivity index (χ0) is 24.4. The molecule has 0 aliphatic carbocycles. The molecule has 0 amide bonds. The van der Waals surface area contributed by atoms with Crippen LogP contribution in [-0.2, 0) is 25.2 Å². The Bertz CT molecular complexity index is 1070. The number of aryl methyl sites for hydroxylation is 1. The van der Waals surface area contributed by atoms with Gasteiger partial charge in [-0.1, -0.05) is 37.3 Å². The van der Waals surface area contributed by atoms with Crippen LogP contribution in [0.3, 0.4) is 0 Å². The van der Waals surface area contributed by atoms with Crippen molar-refractivity contribution < 1.29 is 41.3 Å². The Morgan fingerprint density at radius 3 is 2.12 bits per heavy atom. The number of aliphatic hydroxyl groups excluding tert-OH is 1. The van der Waals surface area contributed by atoms with Crippen molar-refractivity contribution in [2.75, 3.05) is 0 Å². The molecule has 0 atom stereocenters. The normalized spacial score (nSPS) is 12.8. The predicted molar refractivity (Wildman–Crippen MR) is 112 cm³/mol. The van der Waals surface area contributed by atoms with Gasteiger partial charge in [0, 0.05) is 10.4 Å². The predicted octanol–water partition coefficient (Wildman–Crippen LogP) is 6.36. The monoisotopic (exact) mass is 490 g/mol. The van der Waals surface area contributed by atoms with Crippen LogP contribution < -0.4 is 4.74 Å². The molecule has 0 saturated heterocycles. The maximum Gasteiger partial charge on any atom is 0.430 e. The topological polar surface area (TPSA) is 49.7 Å². The summed E-state index contributed by atoms with van der Waals surface area (Å²) in [7, 11) is 0. The molecular formula is C23H20F6O3S. The van der Waals surface area contributed by atoms with Gasteiger partial charge in [-0.2, -0.15) is 26.3 Å². The van der Waals surface area contributed by atoms with Crippen LogP contribution in [0.5, 0.6) is 5.75 Å². The van der Waals surface area contributed by atoms with Crippen LogP contribution in [-0.4, -0.2) is 22.6 Å².